The van der Waals surface area contributed by atoms with E-state index in [-0.39, 0.29) is 29.8 Å². The predicted octanol–water partition coefficient (Wildman–Crippen LogP) is 1.27. The second kappa shape index (κ2) is 7.91. The van der Waals surface area contributed by atoms with Crippen LogP contribution >= 0.6 is 0 Å². The number of hydrogen-bond acceptors (Lipinski definition) is 4. The SMILES string of the molecule is [C-]#[N+]C(=CC(C)(C)N1CCOCC1)C(=O)N1CCCC[C@@H]1CO. The molecule has 0 bridgehead atoms. The first-order valence-electron chi connectivity index (χ1n) is 8.34. The molecule has 0 saturated carbocycles. The topological polar surface area (TPSA) is 57.4 Å². The van der Waals surface area contributed by atoms with Crippen molar-refractivity contribution < 1.29 is 14.6 Å². The zero-order chi connectivity index (χ0) is 16.9. The Morgan fingerprint density at radius 1 is 1.35 bits per heavy atom. The first kappa shape index (κ1) is 17.9. The molecular weight excluding hydrogens is 294 g/mol. The molecule has 2 aliphatic rings. The van der Waals surface area contributed by atoms with Crippen LogP contribution in [0.15, 0.2) is 11.8 Å². The largest absolute Gasteiger partial charge is 0.394 e. The Bertz CT molecular complexity index is 490. The van der Waals surface area contributed by atoms with Crippen LogP contribution < -0.4 is 0 Å². The molecule has 2 rings (SSSR count). The molecule has 6 nitrogen and oxygen atoms in total. The third-order valence-corrected chi connectivity index (χ3v) is 4.75. The number of piperidine rings is 1. The number of carbonyl (C=O) groups excluding carboxylic acids is 1. The summed E-state index contributed by atoms with van der Waals surface area (Å²) >= 11 is 0. The highest BCUT2D eigenvalue weighted by atomic mass is 16.5. The lowest BCUT2D eigenvalue weighted by Gasteiger charge is -2.40. The monoisotopic (exact) mass is 321 g/mol. The van der Waals surface area contributed by atoms with Gasteiger partial charge in [0.2, 0.25) is 5.70 Å². The van der Waals surface area contributed by atoms with Crippen LogP contribution in [-0.2, 0) is 9.53 Å². The summed E-state index contributed by atoms with van der Waals surface area (Å²) in [6.45, 7) is 15.0. The Hall–Kier alpha value is -1.42. The first-order chi connectivity index (χ1) is 11.0. The molecule has 1 amide bonds. The van der Waals surface area contributed by atoms with Gasteiger partial charge in [-0.2, -0.15) is 0 Å². The minimum absolute atomic E-state index is 0.0378. The molecular formula is C17H27N3O3. The number of likely N-dealkylation sites (tertiary alicyclic amines) is 1. The zero-order valence-corrected chi connectivity index (χ0v) is 14.1. The molecule has 0 radical (unpaired) electrons. The van der Waals surface area contributed by atoms with Gasteiger partial charge < -0.3 is 14.7 Å². The summed E-state index contributed by atoms with van der Waals surface area (Å²) in [4.78, 5) is 20.1. The molecule has 1 N–H and O–H groups in total. The summed E-state index contributed by atoms with van der Waals surface area (Å²) in [5, 5.41) is 9.49. The van der Waals surface area contributed by atoms with Crippen LogP contribution in [-0.4, -0.2) is 71.8 Å². The molecule has 0 aromatic heterocycles. The molecule has 0 aromatic carbocycles. The van der Waals surface area contributed by atoms with Crippen molar-refractivity contribution in [2.24, 2.45) is 0 Å². The van der Waals surface area contributed by atoms with Gasteiger partial charge in [0.1, 0.15) is 0 Å². The summed E-state index contributed by atoms with van der Waals surface area (Å²) < 4.78 is 5.37. The van der Waals surface area contributed by atoms with Crippen molar-refractivity contribution in [1.82, 2.24) is 9.80 Å². The minimum atomic E-state index is -0.371. The van der Waals surface area contributed by atoms with E-state index in [0.717, 1.165) is 32.4 Å². The number of aliphatic hydroxyl groups excluding tert-OH is 1. The summed E-state index contributed by atoms with van der Waals surface area (Å²) in [5.41, 5.74) is -0.217. The van der Waals surface area contributed by atoms with E-state index in [1.807, 2.05) is 13.8 Å². The molecule has 0 unspecified atom stereocenters. The highest BCUT2D eigenvalue weighted by molar-refractivity contribution is 5.95. The van der Waals surface area contributed by atoms with Crippen LogP contribution in [0.25, 0.3) is 4.85 Å². The Labute approximate surface area is 138 Å². The van der Waals surface area contributed by atoms with Crippen molar-refractivity contribution in [1.29, 1.82) is 0 Å². The lowest BCUT2D eigenvalue weighted by atomic mass is 9.98. The fourth-order valence-electron chi connectivity index (χ4n) is 3.31. The lowest BCUT2D eigenvalue weighted by molar-refractivity contribution is -0.131. The van der Waals surface area contributed by atoms with Crippen LogP contribution in [0.3, 0.4) is 0 Å². The van der Waals surface area contributed by atoms with Crippen LogP contribution in [0.1, 0.15) is 33.1 Å². The maximum atomic E-state index is 12.7. The van der Waals surface area contributed by atoms with Gasteiger partial charge in [0, 0.05) is 25.2 Å². The van der Waals surface area contributed by atoms with Gasteiger partial charge in [0.05, 0.1) is 32.4 Å². The van der Waals surface area contributed by atoms with Gasteiger partial charge >= 0.3 is 0 Å². The van der Waals surface area contributed by atoms with Crippen LogP contribution in [0.4, 0.5) is 0 Å². The number of carbonyl (C=O) groups is 1. The van der Waals surface area contributed by atoms with Crippen molar-refractivity contribution in [3.05, 3.63) is 23.2 Å². The molecule has 6 heteroatoms. The smallest absolute Gasteiger partial charge is 0.252 e. The van der Waals surface area contributed by atoms with E-state index in [9.17, 15) is 9.90 Å². The predicted molar refractivity (Wildman–Crippen MR) is 87.6 cm³/mol. The van der Waals surface area contributed by atoms with E-state index < -0.39 is 0 Å². The van der Waals surface area contributed by atoms with E-state index in [1.165, 1.54) is 0 Å². The maximum Gasteiger partial charge on any atom is 0.252 e. The van der Waals surface area contributed by atoms with Crippen molar-refractivity contribution in [2.75, 3.05) is 39.5 Å². The molecule has 2 saturated heterocycles. The summed E-state index contributed by atoms with van der Waals surface area (Å²) in [5.74, 6) is -0.250. The lowest BCUT2D eigenvalue weighted by Crippen LogP contribution is -2.50. The molecule has 2 fully saturated rings. The second-order valence-corrected chi connectivity index (χ2v) is 6.73. The van der Waals surface area contributed by atoms with Gasteiger partial charge in [-0.1, -0.05) is 6.08 Å². The molecule has 0 aliphatic carbocycles. The Balaban J connectivity index is 2.16. The fraction of sp³-hybridized carbons (Fsp3) is 0.765. The summed E-state index contributed by atoms with van der Waals surface area (Å²) in [6.07, 6.45) is 4.53. The van der Waals surface area contributed by atoms with Crippen molar-refractivity contribution in [3.8, 4) is 0 Å². The average molecular weight is 321 g/mol. The van der Waals surface area contributed by atoms with E-state index in [4.69, 9.17) is 11.3 Å². The van der Waals surface area contributed by atoms with E-state index in [1.54, 1.807) is 11.0 Å². The minimum Gasteiger partial charge on any atom is -0.394 e. The van der Waals surface area contributed by atoms with Crippen LogP contribution in [0, 0.1) is 6.57 Å². The standard InChI is InChI=1S/C17H27N3O3/c1-17(2,19-8-10-23-11-9-19)12-15(18-3)16(22)20-7-5-4-6-14(20)13-21/h12,14,21H,4-11,13H2,1-2H3/t14-/m1/s1. The highest BCUT2D eigenvalue weighted by Gasteiger charge is 2.32. The summed E-state index contributed by atoms with van der Waals surface area (Å²) in [6, 6.07) is -0.159. The van der Waals surface area contributed by atoms with Gasteiger partial charge in [0.25, 0.3) is 5.91 Å². The normalized spacial score (nSPS) is 24.3. The number of morpholine rings is 1. The Kier molecular flexibility index (Phi) is 6.17. The third-order valence-electron chi connectivity index (χ3n) is 4.75. The van der Waals surface area contributed by atoms with Gasteiger partial charge in [0.15, 0.2) is 0 Å². The number of aliphatic hydroxyl groups is 1. The van der Waals surface area contributed by atoms with Gasteiger partial charge in [-0.15, -0.1) is 0 Å². The Morgan fingerprint density at radius 2 is 2.04 bits per heavy atom. The number of ether oxygens (including phenoxy) is 1. The third kappa shape index (κ3) is 4.31. The number of nitrogens with zero attached hydrogens (tertiary/aromatic N) is 3. The highest BCUT2D eigenvalue weighted by Crippen LogP contribution is 2.24. The molecule has 0 aromatic rings. The van der Waals surface area contributed by atoms with E-state index in [2.05, 4.69) is 9.74 Å². The van der Waals surface area contributed by atoms with Gasteiger partial charge in [-0.25, -0.2) is 4.85 Å². The average Bonchev–Trinajstić information content (AvgIpc) is 2.59. The molecule has 1 atom stereocenters. The fourth-order valence-corrected chi connectivity index (χ4v) is 3.31. The van der Waals surface area contributed by atoms with E-state index in [0.29, 0.717) is 19.8 Å². The van der Waals surface area contributed by atoms with Crippen molar-refractivity contribution in [2.45, 2.75) is 44.7 Å². The van der Waals surface area contributed by atoms with Gasteiger partial charge in [-0.3, -0.25) is 9.69 Å². The Morgan fingerprint density at radius 3 is 2.65 bits per heavy atom. The van der Waals surface area contributed by atoms with Gasteiger partial charge in [-0.05, 0) is 33.1 Å². The quantitative estimate of drug-likeness (QED) is 0.626. The maximum absolute atomic E-state index is 12.7. The van der Waals surface area contributed by atoms with E-state index >= 15 is 0 Å². The molecule has 2 heterocycles. The molecule has 128 valence electrons. The molecule has 23 heavy (non-hydrogen) atoms. The number of hydrogen-bond donors (Lipinski definition) is 1. The number of amides is 1. The molecule has 2 aliphatic heterocycles. The first-order valence-corrected chi connectivity index (χ1v) is 8.34. The van der Waals surface area contributed by atoms with Crippen LogP contribution in [0.2, 0.25) is 0 Å². The zero-order valence-electron chi connectivity index (χ0n) is 14.1. The summed E-state index contributed by atoms with van der Waals surface area (Å²) in [7, 11) is 0. The van der Waals surface area contributed by atoms with Crippen molar-refractivity contribution in [3.63, 3.8) is 0 Å². The second-order valence-electron chi connectivity index (χ2n) is 6.73. The van der Waals surface area contributed by atoms with Crippen molar-refractivity contribution >= 4 is 5.91 Å². The number of rotatable bonds is 4. The van der Waals surface area contributed by atoms with Crippen LogP contribution in [0.5, 0.6) is 0 Å². The molecule has 0 spiro atoms.